The molecule has 1 aliphatic heterocycles. The Hall–Kier alpha value is -3.52. The second-order valence-corrected chi connectivity index (χ2v) is 6.73. The summed E-state index contributed by atoms with van der Waals surface area (Å²) in [6.07, 6.45) is 4.30. The number of fused-ring (bicyclic) bond motifs is 2. The normalized spacial score (nSPS) is 12.4. The number of furan rings is 1. The predicted octanol–water partition coefficient (Wildman–Crippen LogP) is 7.21. The van der Waals surface area contributed by atoms with Crippen LogP contribution in [0.3, 0.4) is 0 Å². The highest BCUT2D eigenvalue weighted by molar-refractivity contribution is 5.95. The summed E-state index contributed by atoms with van der Waals surface area (Å²) in [4.78, 5) is 2.24. The Kier molecular flexibility index (Phi) is 3.68. The van der Waals surface area contributed by atoms with Gasteiger partial charge in [-0.3, -0.25) is 4.90 Å². The largest absolute Gasteiger partial charge is 0.444 e. The van der Waals surface area contributed by atoms with Gasteiger partial charge in [0.15, 0.2) is 0 Å². The third-order valence-electron chi connectivity index (χ3n) is 4.92. The molecule has 0 radical (unpaired) electrons. The highest BCUT2D eigenvalue weighted by atomic mass is 16.4. The Balaban J connectivity index is 1.80. The van der Waals surface area contributed by atoms with Crippen LogP contribution < -0.4 is 4.90 Å². The molecule has 130 valence electrons. The number of nitrogens with zero attached hydrogens (tertiary/aromatic N) is 1. The quantitative estimate of drug-likeness (QED) is 0.335. The van der Waals surface area contributed by atoms with Gasteiger partial charge in [0, 0.05) is 11.1 Å². The van der Waals surface area contributed by atoms with Crippen LogP contribution in [-0.4, -0.2) is 0 Å². The van der Waals surface area contributed by atoms with E-state index in [1.165, 1.54) is 16.7 Å². The molecule has 27 heavy (non-hydrogen) atoms. The van der Waals surface area contributed by atoms with Crippen LogP contribution in [0.5, 0.6) is 0 Å². The second-order valence-electron chi connectivity index (χ2n) is 6.73. The van der Waals surface area contributed by atoms with Gasteiger partial charge in [-0.15, -0.1) is 0 Å². The zero-order valence-electron chi connectivity index (χ0n) is 15.1. The molecule has 0 bridgehead atoms. The van der Waals surface area contributed by atoms with E-state index >= 15 is 0 Å². The monoisotopic (exact) mass is 349 g/mol. The summed E-state index contributed by atoms with van der Waals surface area (Å²) >= 11 is 0. The van der Waals surface area contributed by atoms with Crippen molar-refractivity contribution in [2.75, 3.05) is 4.90 Å². The van der Waals surface area contributed by atoms with Gasteiger partial charge in [0.2, 0.25) is 5.88 Å². The van der Waals surface area contributed by atoms with Crippen molar-refractivity contribution in [3.63, 3.8) is 0 Å². The van der Waals surface area contributed by atoms with Gasteiger partial charge in [0.05, 0.1) is 11.4 Å². The highest BCUT2D eigenvalue weighted by Gasteiger charge is 2.25. The maximum atomic E-state index is 6.18. The Morgan fingerprint density at radius 2 is 1.33 bits per heavy atom. The number of para-hydroxylation sites is 2. The van der Waals surface area contributed by atoms with Crippen molar-refractivity contribution in [3.8, 4) is 11.1 Å². The van der Waals surface area contributed by atoms with Crippen LogP contribution in [0, 0.1) is 6.92 Å². The first kappa shape index (κ1) is 15.7. The lowest BCUT2D eigenvalue weighted by atomic mass is 10.0. The number of anilines is 3. The van der Waals surface area contributed by atoms with Crippen molar-refractivity contribution in [1.82, 2.24) is 0 Å². The van der Waals surface area contributed by atoms with Crippen molar-refractivity contribution < 1.29 is 4.42 Å². The van der Waals surface area contributed by atoms with Crippen LogP contribution in [0.1, 0.15) is 16.9 Å². The van der Waals surface area contributed by atoms with E-state index in [1.54, 1.807) is 0 Å². The smallest absolute Gasteiger partial charge is 0.211 e. The Labute approximate surface area is 159 Å². The minimum absolute atomic E-state index is 0.858. The minimum atomic E-state index is 0.858. The van der Waals surface area contributed by atoms with Crippen LogP contribution in [0.4, 0.5) is 17.3 Å². The van der Waals surface area contributed by atoms with Gasteiger partial charge >= 0.3 is 0 Å². The molecule has 3 aromatic carbocycles. The Morgan fingerprint density at radius 3 is 2.19 bits per heavy atom. The van der Waals surface area contributed by atoms with Gasteiger partial charge in [0.1, 0.15) is 5.76 Å². The zero-order chi connectivity index (χ0) is 18.2. The first-order valence-corrected chi connectivity index (χ1v) is 9.13. The molecule has 1 aliphatic rings. The lowest BCUT2D eigenvalue weighted by molar-refractivity contribution is 0.541. The maximum Gasteiger partial charge on any atom is 0.211 e. The van der Waals surface area contributed by atoms with E-state index < -0.39 is 0 Å². The van der Waals surface area contributed by atoms with E-state index in [-0.39, 0.29) is 0 Å². The van der Waals surface area contributed by atoms with Crippen molar-refractivity contribution in [3.05, 3.63) is 102 Å². The number of hydrogen-bond acceptors (Lipinski definition) is 2. The number of rotatable bonds is 2. The molecule has 0 saturated heterocycles. The summed E-state index contributed by atoms with van der Waals surface area (Å²) in [6.45, 7) is 2.00. The maximum absolute atomic E-state index is 6.18. The fraction of sp³-hybridized carbons (Fsp3) is 0.0400. The first-order chi connectivity index (χ1) is 13.3. The molecule has 2 heteroatoms. The molecule has 0 N–H and O–H groups in total. The van der Waals surface area contributed by atoms with E-state index in [4.69, 9.17) is 4.42 Å². The van der Waals surface area contributed by atoms with Gasteiger partial charge < -0.3 is 4.42 Å². The van der Waals surface area contributed by atoms with Gasteiger partial charge in [0.25, 0.3) is 0 Å². The molecular weight excluding hydrogens is 330 g/mol. The molecule has 5 rings (SSSR count). The van der Waals surface area contributed by atoms with Crippen molar-refractivity contribution in [2.24, 2.45) is 0 Å². The van der Waals surface area contributed by atoms with Gasteiger partial charge in [-0.2, -0.15) is 0 Å². The van der Waals surface area contributed by atoms with Crippen molar-refractivity contribution >= 4 is 29.4 Å². The average molecular weight is 349 g/mol. The average Bonchev–Trinajstić information content (AvgIpc) is 3.01. The third kappa shape index (κ3) is 2.67. The van der Waals surface area contributed by atoms with Crippen LogP contribution in [0.2, 0.25) is 0 Å². The summed E-state index contributed by atoms with van der Waals surface area (Å²) in [5, 5.41) is 0. The minimum Gasteiger partial charge on any atom is -0.444 e. The van der Waals surface area contributed by atoms with Crippen molar-refractivity contribution in [2.45, 2.75) is 6.92 Å². The van der Waals surface area contributed by atoms with E-state index in [0.29, 0.717) is 0 Å². The van der Waals surface area contributed by atoms with E-state index in [2.05, 4.69) is 95.9 Å². The van der Waals surface area contributed by atoms with Crippen LogP contribution in [0.25, 0.3) is 23.3 Å². The van der Waals surface area contributed by atoms with Gasteiger partial charge in [-0.25, -0.2) is 0 Å². The Morgan fingerprint density at radius 1 is 0.667 bits per heavy atom. The molecule has 4 aromatic rings. The summed E-state index contributed by atoms with van der Waals surface area (Å²) in [7, 11) is 0. The number of aryl methyl sites for hydroxylation is 1. The first-order valence-electron chi connectivity index (χ1n) is 9.13. The molecule has 0 spiro atoms. The van der Waals surface area contributed by atoms with Crippen LogP contribution in [0.15, 0.2) is 89.3 Å². The second kappa shape index (κ2) is 6.33. The summed E-state index contributed by atoms with van der Waals surface area (Å²) in [5.41, 5.74) is 6.85. The standard InChI is InChI=1S/C25H19NO/c1-18-17-21-16-15-20-11-5-7-13-23(20)26(25(21)27-18)24-14-8-6-12-22(24)19-9-3-2-4-10-19/h2-17H,1H3. The van der Waals surface area contributed by atoms with E-state index in [1.807, 2.05) is 13.0 Å². The van der Waals surface area contributed by atoms with E-state index in [9.17, 15) is 0 Å². The summed E-state index contributed by atoms with van der Waals surface area (Å²) < 4.78 is 6.18. The third-order valence-corrected chi connectivity index (χ3v) is 4.92. The summed E-state index contributed by atoms with van der Waals surface area (Å²) in [5.74, 6) is 1.77. The molecule has 0 saturated carbocycles. The highest BCUT2D eigenvalue weighted by Crippen LogP contribution is 2.46. The number of benzene rings is 3. The SMILES string of the molecule is Cc1cc2c(o1)N(c1ccccc1-c1ccccc1)c1ccccc1C=C2. The molecule has 0 fully saturated rings. The van der Waals surface area contributed by atoms with Gasteiger partial charge in [-0.05, 0) is 42.3 Å². The lowest BCUT2D eigenvalue weighted by Crippen LogP contribution is -2.11. The molecule has 0 atom stereocenters. The fourth-order valence-corrected chi connectivity index (χ4v) is 3.71. The topological polar surface area (TPSA) is 16.4 Å². The van der Waals surface area contributed by atoms with Crippen molar-refractivity contribution in [1.29, 1.82) is 0 Å². The zero-order valence-corrected chi connectivity index (χ0v) is 15.1. The molecule has 1 aromatic heterocycles. The predicted molar refractivity (Wildman–Crippen MR) is 112 cm³/mol. The molecule has 0 aliphatic carbocycles. The number of hydrogen-bond donors (Lipinski definition) is 0. The molecular formula is C25H19NO. The Bertz CT molecular complexity index is 1140. The van der Waals surface area contributed by atoms with Crippen LogP contribution >= 0.6 is 0 Å². The molecule has 2 nitrogen and oxygen atoms in total. The molecule has 2 heterocycles. The molecule has 0 amide bonds. The summed E-state index contributed by atoms with van der Waals surface area (Å²) in [6, 6.07) is 29.5. The van der Waals surface area contributed by atoms with Gasteiger partial charge in [-0.1, -0.05) is 72.8 Å². The van der Waals surface area contributed by atoms with Crippen LogP contribution in [-0.2, 0) is 0 Å². The van der Waals surface area contributed by atoms with E-state index in [0.717, 1.165) is 28.6 Å². The fourth-order valence-electron chi connectivity index (χ4n) is 3.71. The lowest BCUT2D eigenvalue weighted by Gasteiger charge is -2.26. The molecule has 0 unspecified atom stereocenters.